The number of hydrogen-bond acceptors (Lipinski definition) is 4. The van der Waals surface area contributed by atoms with Gasteiger partial charge in [-0.05, 0) is 32.9 Å². The van der Waals surface area contributed by atoms with Crippen molar-refractivity contribution in [3.05, 3.63) is 27.7 Å². The lowest BCUT2D eigenvalue weighted by Crippen LogP contribution is -2.42. The molecular weight excluding hydrogens is 317 g/mol. The van der Waals surface area contributed by atoms with Gasteiger partial charge < -0.3 is 14.8 Å². The highest BCUT2D eigenvalue weighted by Gasteiger charge is 2.18. The Labute approximate surface area is 133 Å². The van der Waals surface area contributed by atoms with Crippen molar-refractivity contribution in [2.24, 2.45) is 0 Å². The first-order valence-electron chi connectivity index (χ1n) is 6.15. The molecule has 1 rings (SSSR count). The number of carbonyl (C=O) groups is 2. The van der Waals surface area contributed by atoms with Gasteiger partial charge in [0.2, 0.25) is 0 Å². The number of ether oxygens (including phenoxy) is 2. The summed E-state index contributed by atoms with van der Waals surface area (Å²) in [7, 11) is 1.42. The van der Waals surface area contributed by atoms with Crippen molar-refractivity contribution in [1.82, 2.24) is 5.32 Å². The second kappa shape index (κ2) is 7.00. The van der Waals surface area contributed by atoms with Crippen LogP contribution in [0.5, 0.6) is 5.75 Å². The quantitative estimate of drug-likeness (QED) is 0.860. The molecule has 1 aromatic rings. The van der Waals surface area contributed by atoms with Crippen molar-refractivity contribution in [2.75, 3.05) is 13.7 Å². The Kier molecular flexibility index (Phi) is 5.87. The molecule has 1 aromatic carbocycles. The van der Waals surface area contributed by atoms with Crippen LogP contribution < -0.4 is 10.1 Å². The summed E-state index contributed by atoms with van der Waals surface area (Å²) in [6.07, 6.45) is 0. The normalized spacial score (nSPS) is 11.0. The van der Waals surface area contributed by atoms with Crippen LogP contribution >= 0.6 is 23.2 Å². The number of benzene rings is 1. The molecule has 0 heterocycles. The summed E-state index contributed by atoms with van der Waals surface area (Å²) in [5.74, 6) is -0.799. The molecule has 7 heteroatoms. The zero-order valence-corrected chi connectivity index (χ0v) is 13.8. The van der Waals surface area contributed by atoms with Gasteiger partial charge in [-0.25, -0.2) is 4.79 Å². The summed E-state index contributed by atoms with van der Waals surface area (Å²) < 4.78 is 9.89. The van der Waals surface area contributed by atoms with Crippen LogP contribution in [0, 0.1) is 0 Å². The first-order valence-corrected chi connectivity index (χ1v) is 6.91. The van der Waals surface area contributed by atoms with E-state index >= 15 is 0 Å². The summed E-state index contributed by atoms with van der Waals surface area (Å²) >= 11 is 11.9. The van der Waals surface area contributed by atoms with Crippen molar-refractivity contribution < 1.29 is 19.1 Å². The van der Waals surface area contributed by atoms with E-state index in [1.807, 2.05) is 20.8 Å². The first-order chi connectivity index (χ1) is 9.64. The van der Waals surface area contributed by atoms with E-state index in [2.05, 4.69) is 5.32 Å². The smallest absolute Gasteiger partial charge is 0.338 e. The first kappa shape index (κ1) is 17.6. The van der Waals surface area contributed by atoms with Crippen LogP contribution in [0.2, 0.25) is 10.0 Å². The van der Waals surface area contributed by atoms with Crippen LogP contribution in [0.3, 0.4) is 0 Å². The highest BCUT2D eigenvalue weighted by molar-refractivity contribution is 6.37. The van der Waals surface area contributed by atoms with E-state index in [9.17, 15) is 9.59 Å². The second-order valence-corrected chi connectivity index (χ2v) is 6.16. The molecule has 0 radical (unpaired) electrons. The Morgan fingerprint density at radius 3 is 2.14 bits per heavy atom. The fraction of sp³-hybridized carbons (Fsp3) is 0.429. The zero-order chi connectivity index (χ0) is 16.2. The number of hydrogen-bond donors (Lipinski definition) is 1. The van der Waals surface area contributed by atoms with Crippen LogP contribution in [-0.2, 0) is 9.53 Å². The predicted octanol–water partition coefficient (Wildman–Crippen LogP) is 3.07. The lowest BCUT2D eigenvalue weighted by atomic mass is 10.1. The molecular formula is C14H17Cl2NO4. The zero-order valence-electron chi connectivity index (χ0n) is 12.3. The number of amides is 1. The Morgan fingerprint density at radius 1 is 1.19 bits per heavy atom. The van der Waals surface area contributed by atoms with Crippen molar-refractivity contribution in [3.8, 4) is 5.75 Å². The topological polar surface area (TPSA) is 64.6 Å². The van der Waals surface area contributed by atoms with Gasteiger partial charge >= 0.3 is 5.97 Å². The molecule has 0 aromatic heterocycles. The van der Waals surface area contributed by atoms with E-state index < -0.39 is 11.5 Å². The molecule has 0 bridgehead atoms. The number of methoxy groups -OCH3 is 1. The Bertz CT molecular complexity index is 529. The molecule has 0 unspecified atom stereocenters. The van der Waals surface area contributed by atoms with Crippen molar-refractivity contribution >= 4 is 35.1 Å². The molecule has 0 atom stereocenters. The van der Waals surface area contributed by atoms with Crippen LogP contribution in [-0.4, -0.2) is 31.1 Å². The summed E-state index contributed by atoms with van der Waals surface area (Å²) in [5.41, 5.74) is -0.245. The number of rotatable bonds is 4. The lowest BCUT2D eigenvalue weighted by molar-refractivity contribution is -0.125. The third-order valence-electron chi connectivity index (χ3n) is 2.29. The van der Waals surface area contributed by atoms with E-state index in [-0.39, 0.29) is 33.9 Å². The molecule has 21 heavy (non-hydrogen) atoms. The van der Waals surface area contributed by atoms with E-state index in [1.54, 1.807) is 0 Å². The summed E-state index contributed by atoms with van der Waals surface area (Å²) in [6.45, 7) is 5.11. The Morgan fingerprint density at radius 2 is 1.71 bits per heavy atom. The lowest BCUT2D eigenvalue weighted by Gasteiger charge is -2.20. The molecule has 0 fully saturated rings. The van der Waals surface area contributed by atoms with Gasteiger partial charge in [0.15, 0.2) is 12.4 Å². The summed E-state index contributed by atoms with van der Waals surface area (Å²) in [5, 5.41) is 3.06. The SMILES string of the molecule is COc1c(Cl)cc(C(=O)OCC(=O)NC(C)(C)C)cc1Cl. The van der Waals surface area contributed by atoms with E-state index in [4.69, 9.17) is 32.7 Å². The van der Waals surface area contributed by atoms with Crippen molar-refractivity contribution in [3.63, 3.8) is 0 Å². The largest absolute Gasteiger partial charge is 0.494 e. The highest BCUT2D eigenvalue weighted by Crippen LogP contribution is 2.33. The van der Waals surface area contributed by atoms with Crippen LogP contribution in [0.4, 0.5) is 0 Å². The third kappa shape index (κ3) is 5.44. The van der Waals surface area contributed by atoms with Gasteiger partial charge in [-0.15, -0.1) is 0 Å². The average Bonchev–Trinajstić information content (AvgIpc) is 2.33. The Balaban J connectivity index is 2.71. The maximum Gasteiger partial charge on any atom is 0.338 e. The van der Waals surface area contributed by atoms with Gasteiger partial charge in [0, 0.05) is 5.54 Å². The molecule has 0 spiro atoms. The molecule has 0 saturated carbocycles. The summed E-state index contributed by atoms with van der Waals surface area (Å²) in [4.78, 5) is 23.4. The number of esters is 1. The van der Waals surface area contributed by atoms with E-state index in [0.29, 0.717) is 0 Å². The van der Waals surface area contributed by atoms with Gasteiger partial charge in [-0.3, -0.25) is 4.79 Å². The van der Waals surface area contributed by atoms with Crippen LogP contribution in [0.15, 0.2) is 12.1 Å². The monoisotopic (exact) mass is 333 g/mol. The van der Waals surface area contributed by atoms with E-state index in [1.165, 1.54) is 19.2 Å². The molecule has 1 amide bonds. The molecule has 116 valence electrons. The molecule has 0 aliphatic rings. The standard InChI is InChI=1S/C14H17Cl2NO4/c1-14(2,3)17-11(18)7-21-13(19)8-5-9(15)12(20-4)10(16)6-8/h5-6H,7H2,1-4H3,(H,17,18). The molecule has 0 aliphatic carbocycles. The fourth-order valence-corrected chi connectivity index (χ4v) is 2.18. The minimum absolute atomic E-state index is 0.148. The van der Waals surface area contributed by atoms with Gasteiger partial charge in [0.25, 0.3) is 5.91 Å². The minimum atomic E-state index is -0.689. The maximum atomic E-state index is 11.9. The van der Waals surface area contributed by atoms with Gasteiger partial charge in [0.1, 0.15) is 0 Å². The van der Waals surface area contributed by atoms with Crippen molar-refractivity contribution in [1.29, 1.82) is 0 Å². The molecule has 5 nitrogen and oxygen atoms in total. The van der Waals surface area contributed by atoms with Gasteiger partial charge in [-0.1, -0.05) is 23.2 Å². The van der Waals surface area contributed by atoms with Crippen molar-refractivity contribution in [2.45, 2.75) is 26.3 Å². The molecule has 0 aliphatic heterocycles. The second-order valence-electron chi connectivity index (χ2n) is 5.35. The molecule has 1 N–H and O–H groups in total. The third-order valence-corrected chi connectivity index (χ3v) is 2.85. The highest BCUT2D eigenvalue weighted by atomic mass is 35.5. The minimum Gasteiger partial charge on any atom is -0.494 e. The fourth-order valence-electron chi connectivity index (χ4n) is 1.54. The number of halogens is 2. The van der Waals surface area contributed by atoms with E-state index in [0.717, 1.165) is 0 Å². The predicted molar refractivity (Wildman–Crippen MR) is 81.2 cm³/mol. The molecule has 0 saturated heterocycles. The summed E-state index contributed by atoms with van der Waals surface area (Å²) in [6, 6.07) is 2.74. The average molecular weight is 334 g/mol. The maximum absolute atomic E-state index is 11.9. The number of carbonyl (C=O) groups excluding carboxylic acids is 2. The number of nitrogens with one attached hydrogen (secondary N) is 1. The van der Waals surface area contributed by atoms with Crippen LogP contribution in [0.1, 0.15) is 31.1 Å². The Hall–Kier alpha value is -1.46. The van der Waals surface area contributed by atoms with Crippen LogP contribution in [0.25, 0.3) is 0 Å². The van der Waals surface area contributed by atoms with Gasteiger partial charge in [0.05, 0.1) is 22.7 Å². The van der Waals surface area contributed by atoms with Gasteiger partial charge in [-0.2, -0.15) is 0 Å².